The summed E-state index contributed by atoms with van der Waals surface area (Å²) in [6.45, 7) is 7.52. The lowest BCUT2D eigenvalue weighted by molar-refractivity contribution is 0.0694. The van der Waals surface area contributed by atoms with Crippen molar-refractivity contribution in [3.63, 3.8) is 0 Å². The number of aryl methyl sites for hydroxylation is 1. The molecule has 0 saturated carbocycles. The van der Waals surface area contributed by atoms with Gasteiger partial charge in [-0.3, -0.25) is 4.90 Å². The standard InChI is InChI=1S/C18H29FN2/c1-3-5-7-16-8-10-17(11-9-16)21-14-13-20(12-6-4-2)18(19)15-21/h8-11,18H,3-7,12-15H2,1-2H3. The van der Waals surface area contributed by atoms with E-state index in [2.05, 4.69) is 43.0 Å². The van der Waals surface area contributed by atoms with Crippen molar-refractivity contribution in [2.24, 2.45) is 0 Å². The van der Waals surface area contributed by atoms with Crippen LogP contribution in [0.25, 0.3) is 0 Å². The molecule has 0 radical (unpaired) electrons. The van der Waals surface area contributed by atoms with Crippen LogP contribution in [0.5, 0.6) is 0 Å². The van der Waals surface area contributed by atoms with Gasteiger partial charge < -0.3 is 4.90 Å². The van der Waals surface area contributed by atoms with Gasteiger partial charge in [-0.25, -0.2) is 4.39 Å². The van der Waals surface area contributed by atoms with Gasteiger partial charge in [-0.15, -0.1) is 0 Å². The van der Waals surface area contributed by atoms with Gasteiger partial charge in [-0.2, -0.15) is 0 Å². The van der Waals surface area contributed by atoms with E-state index in [1.165, 1.54) is 18.4 Å². The Kier molecular flexibility index (Phi) is 6.50. The summed E-state index contributed by atoms with van der Waals surface area (Å²) in [5.74, 6) is 0. The Labute approximate surface area is 128 Å². The van der Waals surface area contributed by atoms with E-state index in [9.17, 15) is 4.39 Å². The molecule has 1 fully saturated rings. The van der Waals surface area contributed by atoms with Gasteiger partial charge in [0.25, 0.3) is 0 Å². The predicted octanol–water partition coefficient (Wildman–Crippen LogP) is 4.25. The molecule has 2 nitrogen and oxygen atoms in total. The third-order valence-electron chi connectivity index (χ3n) is 4.34. The van der Waals surface area contributed by atoms with Gasteiger partial charge in [0, 0.05) is 25.3 Å². The van der Waals surface area contributed by atoms with Crippen LogP contribution < -0.4 is 4.90 Å². The summed E-state index contributed by atoms with van der Waals surface area (Å²) in [4.78, 5) is 4.16. The van der Waals surface area contributed by atoms with E-state index in [0.29, 0.717) is 6.54 Å². The third-order valence-corrected chi connectivity index (χ3v) is 4.34. The highest BCUT2D eigenvalue weighted by Gasteiger charge is 2.26. The normalized spacial score (nSPS) is 20.0. The molecule has 1 heterocycles. The highest BCUT2D eigenvalue weighted by molar-refractivity contribution is 5.48. The molecule has 0 aliphatic carbocycles. The summed E-state index contributed by atoms with van der Waals surface area (Å²) in [6.07, 6.45) is 5.00. The molecule has 1 atom stereocenters. The third kappa shape index (κ3) is 4.70. The van der Waals surface area contributed by atoms with Gasteiger partial charge in [0.2, 0.25) is 0 Å². The second-order valence-electron chi connectivity index (χ2n) is 6.04. The maximum absolute atomic E-state index is 14.2. The van der Waals surface area contributed by atoms with Crippen LogP contribution >= 0.6 is 0 Å². The van der Waals surface area contributed by atoms with Gasteiger partial charge in [0.1, 0.15) is 0 Å². The van der Waals surface area contributed by atoms with Crippen LogP contribution in [-0.4, -0.2) is 37.4 Å². The SMILES string of the molecule is CCCCc1ccc(N2CCN(CCCC)C(F)C2)cc1. The van der Waals surface area contributed by atoms with Crippen LogP contribution in [0.1, 0.15) is 45.1 Å². The number of anilines is 1. The molecule has 2 rings (SSSR count). The van der Waals surface area contributed by atoms with Gasteiger partial charge >= 0.3 is 0 Å². The molecule has 0 aromatic heterocycles. The van der Waals surface area contributed by atoms with Crippen LogP contribution in [0.3, 0.4) is 0 Å². The second-order valence-corrected chi connectivity index (χ2v) is 6.04. The summed E-state index contributed by atoms with van der Waals surface area (Å²) in [7, 11) is 0. The molecular weight excluding hydrogens is 263 g/mol. The average molecular weight is 292 g/mol. The summed E-state index contributed by atoms with van der Waals surface area (Å²) in [5.41, 5.74) is 2.55. The second kappa shape index (κ2) is 8.38. The van der Waals surface area contributed by atoms with E-state index < -0.39 is 6.30 Å². The van der Waals surface area contributed by atoms with Crippen molar-refractivity contribution in [2.45, 2.75) is 52.2 Å². The number of hydrogen-bond acceptors (Lipinski definition) is 2. The van der Waals surface area contributed by atoms with Gasteiger partial charge in [0.05, 0.1) is 6.54 Å². The molecular formula is C18H29FN2. The van der Waals surface area contributed by atoms with E-state index in [1.54, 1.807) is 0 Å². The van der Waals surface area contributed by atoms with Crippen LogP contribution in [0.4, 0.5) is 10.1 Å². The fourth-order valence-corrected chi connectivity index (χ4v) is 2.88. The minimum atomic E-state index is -0.829. The first-order valence-corrected chi connectivity index (χ1v) is 8.46. The van der Waals surface area contributed by atoms with Gasteiger partial charge in [0.15, 0.2) is 6.30 Å². The first-order valence-electron chi connectivity index (χ1n) is 8.46. The smallest absolute Gasteiger partial charge is 0.171 e. The molecule has 0 bridgehead atoms. The van der Waals surface area contributed by atoms with E-state index in [0.717, 1.165) is 44.6 Å². The number of hydrogen-bond donors (Lipinski definition) is 0. The molecule has 0 amide bonds. The molecule has 1 aliphatic rings. The Bertz CT molecular complexity index is 404. The highest BCUT2D eigenvalue weighted by Crippen LogP contribution is 2.21. The largest absolute Gasteiger partial charge is 0.366 e. The van der Waals surface area contributed by atoms with E-state index in [1.807, 2.05) is 4.90 Å². The number of rotatable bonds is 7. The molecule has 1 unspecified atom stereocenters. The molecule has 1 aromatic carbocycles. The molecule has 1 saturated heterocycles. The summed E-state index contributed by atoms with van der Waals surface area (Å²) < 4.78 is 14.2. The molecule has 1 aromatic rings. The molecule has 21 heavy (non-hydrogen) atoms. The monoisotopic (exact) mass is 292 g/mol. The number of piperazine rings is 1. The molecule has 3 heteroatoms. The summed E-state index contributed by atoms with van der Waals surface area (Å²) in [6, 6.07) is 8.70. The van der Waals surface area contributed by atoms with E-state index >= 15 is 0 Å². The predicted molar refractivity (Wildman–Crippen MR) is 88.6 cm³/mol. The summed E-state index contributed by atoms with van der Waals surface area (Å²) >= 11 is 0. The van der Waals surface area contributed by atoms with Crippen LogP contribution in [0, 0.1) is 0 Å². The lowest BCUT2D eigenvalue weighted by Gasteiger charge is -2.38. The quantitative estimate of drug-likeness (QED) is 0.693. The first-order chi connectivity index (χ1) is 10.2. The lowest BCUT2D eigenvalue weighted by Crippen LogP contribution is -2.51. The fourth-order valence-electron chi connectivity index (χ4n) is 2.88. The number of nitrogens with zero attached hydrogens (tertiary/aromatic N) is 2. The zero-order valence-corrected chi connectivity index (χ0v) is 13.5. The number of halogens is 1. The molecule has 1 aliphatic heterocycles. The van der Waals surface area contributed by atoms with Gasteiger partial charge in [-0.05, 0) is 37.0 Å². The lowest BCUT2D eigenvalue weighted by atomic mass is 10.1. The van der Waals surface area contributed by atoms with Crippen LogP contribution in [0.2, 0.25) is 0 Å². The topological polar surface area (TPSA) is 6.48 Å². The maximum Gasteiger partial charge on any atom is 0.171 e. The average Bonchev–Trinajstić information content (AvgIpc) is 2.52. The van der Waals surface area contributed by atoms with Crippen LogP contribution in [0.15, 0.2) is 24.3 Å². The number of benzene rings is 1. The minimum absolute atomic E-state index is 0.498. The zero-order valence-electron chi connectivity index (χ0n) is 13.5. The Morgan fingerprint density at radius 1 is 1.05 bits per heavy atom. The molecule has 0 N–H and O–H groups in total. The van der Waals surface area contributed by atoms with Crippen molar-refractivity contribution in [3.05, 3.63) is 29.8 Å². The fraction of sp³-hybridized carbons (Fsp3) is 0.667. The van der Waals surface area contributed by atoms with E-state index in [-0.39, 0.29) is 0 Å². The molecule has 0 spiro atoms. The number of unbranched alkanes of at least 4 members (excludes halogenated alkanes) is 2. The van der Waals surface area contributed by atoms with Crippen molar-refractivity contribution in [1.29, 1.82) is 0 Å². The molecule has 118 valence electrons. The Morgan fingerprint density at radius 2 is 1.76 bits per heavy atom. The highest BCUT2D eigenvalue weighted by atomic mass is 19.1. The van der Waals surface area contributed by atoms with E-state index in [4.69, 9.17) is 0 Å². The van der Waals surface area contributed by atoms with Crippen molar-refractivity contribution in [3.8, 4) is 0 Å². The van der Waals surface area contributed by atoms with Gasteiger partial charge in [-0.1, -0.05) is 38.8 Å². The Balaban J connectivity index is 1.88. The minimum Gasteiger partial charge on any atom is -0.366 e. The maximum atomic E-state index is 14.2. The van der Waals surface area contributed by atoms with Crippen LogP contribution in [-0.2, 0) is 6.42 Å². The Hall–Kier alpha value is -1.09. The first kappa shape index (κ1) is 16.3. The number of alkyl halides is 1. The van der Waals surface area contributed by atoms with Crippen molar-refractivity contribution in [2.75, 3.05) is 31.1 Å². The van der Waals surface area contributed by atoms with Crippen molar-refractivity contribution in [1.82, 2.24) is 4.90 Å². The van der Waals surface area contributed by atoms with Crippen molar-refractivity contribution < 1.29 is 4.39 Å². The van der Waals surface area contributed by atoms with Crippen molar-refractivity contribution >= 4 is 5.69 Å². The summed E-state index contributed by atoms with van der Waals surface area (Å²) in [5, 5.41) is 0. The zero-order chi connectivity index (χ0) is 15.1. The Morgan fingerprint density at radius 3 is 2.38 bits per heavy atom.